The molecule has 0 spiro atoms. The molecule has 0 bridgehead atoms. The summed E-state index contributed by atoms with van der Waals surface area (Å²) in [6.45, 7) is 0.367. The van der Waals surface area contributed by atoms with Crippen molar-refractivity contribution in [3.63, 3.8) is 0 Å². The second-order valence-corrected chi connectivity index (χ2v) is 4.33. The average Bonchev–Trinajstić information content (AvgIpc) is 2.39. The summed E-state index contributed by atoms with van der Waals surface area (Å²) in [6, 6.07) is 1.07. The minimum absolute atomic E-state index is 0.00802. The second-order valence-electron chi connectivity index (χ2n) is 4.33. The Morgan fingerprint density at radius 2 is 1.81 bits per heavy atom. The van der Waals surface area contributed by atoms with Crippen molar-refractivity contribution in [3.8, 4) is 0 Å². The van der Waals surface area contributed by atoms with Crippen LogP contribution in [0, 0.1) is 17.5 Å². The molecule has 1 aromatic rings. The highest BCUT2D eigenvalue weighted by Crippen LogP contribution is 2.24. The lowest BCUT2D eigenvalue weighted by Crippen LogP contribution is -2.25. The lowest BCUT2D eigenvalue weighted by molar-refractivity contribution is -0.174. The summed E-state index contributed by atoms with van der Waals surface area (Å²) in [7, 11) is 0. The Kier molecular flexibility index (Phi) is 6.47. The fourth-order valence-corrected chi connectivity index (χ4v) is 1.81. The Morgan fingerprint density at radius 1 is 1.14 bits per heavy atom. The van der Waals surface area contributed by atoms with Gasteiger partial charge in [-0.25, -0.2) is 13.2 Å². The van der Waals surface area contributed by atoms with Crippen molar-refractivity contribution >= 4 is 0 Å². The zero-order chi connectivity index (χ0) is 16.0. The molecule has 1 unspecified atom stereocenters. The van der Waals surface area contributed by atoms with Gasteiger partial charge in [0, 0.05) is 18.2 Å². The maximum atomic E-state index is 13.7. The largest absolute Gasteiger partial charge is 0.411 e. The van der Waals surface area contributed by atoms with E-state index in [-0.39, 0.29) is 18.6 Å². The topological polar surface area (TPSA) is 21.3 Å². The number of hydrogen-bond acceptors (Lipinski definition) is 2. The number of hydrogen-bond donors (Lipinski definition) is 1. The fraction of sp³-hybridized carbons (Fsp3) is 0.538. The smallest absolute Gasteiger partial charge is 0.372 e. The van der Waals surface area contributed by atoms with Crippen molar-refractivity contribution in [2.24, 2.45) is 0 Å². The van der Waals surface area contributed by atoms with E-state index in [4.69, 9.17) is 0 Å². The first-order chi connectivity index (χ1) is 9.76. The van der Waals surface area contributed by atoms with E-state index < -0.39 is 36.3 Å². The van der Waals surface area contributed by atoms with Crippen LogP contribution in [0.1, 0.15) is 24.9 Å². The first kappa shape index (κ1) is 17.8. The van der Waals surface area contributed by atoms with Gasteiger partial charge in [0.15, 0.2) is 17.5 Å². The molecular formula is C13H15F6NO. The Labute approximate surface area is 118 Å². The van der Waals surface area contributed by atoms with Crippen LogP contribution in [-0.4, -0.2) is 25.9 Å². The van der Waals surface area contributed by atoms with Crippen LogP contribution in [0.3, 0.4) is 0 Å². The van der Waals surface area contributed by atoms with Crippen molar-refractivity contribution < 1.29 is 31.1 Å². The summed E-state index contributed by atoms with van der Waals surface area (Å²) in [5.74, 6) is -4.27. The quantitative estimate of drug-likeness (QED) is 0.470. The zero-order valence-corrected chi connectivity index (χ0v) is 11.2. The predicted octanol–water partition coefficient (Wildman–Crippen LogP) is 3.72. The van der Waals surface area contributed by atoms with E-state index in [1.54, 1.807) is 6.92 Å². The summed E-state index contributed by atoms with van der Waals surface area (Å²) in [4.78, 5) is 0. The van der Waals surface area contributed by atoms with Crippen molar-refractivity contribution in [1.29, 1.82) is 0 Å². The second kappa shape index (κ2) is 7.65. The van der Waals surface area contributed by atoms with Crippen molar-refractivity contribution in [2.45, 2.75) is 25.6 Å². The molecule has 1 N–H and O–H groups in total. The number of rotatable bonds is 7. The van der Waals surface area contributed by atoms with Gasteiger partial charge in [0.2, 0.25) is 0 Å². The van der Waals surface area contributed by atoms with Gasteiger partial charge in [-0.1, -0.05) is 13.0 Å². The summed E-state index contributed by atoms with van der Waals surface area (Å²) in [5, 5.41) is 2.79. The van der Waals surface area contributed by atoms with Gasteiger partial charge in [0.05, 0.1) is 0 Å². The van der Waals surface area contributed by atoms with E-state index in [0.717, 1.165) is 12.1 Å². The third kappa shape index (κ3) is 5.55. The Balaban J connectivity index is 2.71. The molecule has 0 aromatic heterocycles. The number of alkyl halides is 3. The lowest BCUT2D eigenvalue weighted by atomic mass is 10.0. The number of halogens is 6. The molecule has 120 valence electrons. The molecule has 0 aliphatic rings. The van der Waals surface area contributed by atoms with E-state index in [2.05, 4.69) is 10.1 Å². The van der Waals surface area contributed by atoms with Gasteiger partial charge in [-0.3, -0.25) is 0 Å². The molecule has 0 radical (unpaired) electrons. The van der Waals surface area contributed by atoms with Gasteiger partial charge < -0.3 is 10.1 Å². The molecule has 0 aliphatic heterocycles. The van der Waals surface area contributed by atoms with Crippen LogP contribution in [-0.2, 0) is 4.74 Å². The Morgan fingerprint density at radius 3 is 2.38 bits per heavy atom. The first-order valence-electron chi connectivity index (χ1n) is 6.27. The third-order valence-corrected chi connectivity index (χ3v) is 2.71. The monoisotopic (exact) mass is 315 g/mol. The van der Waals surface area contributed by atoms with E-state index in [1.165, 1.54) is 0 Å². The molecular weight excluding hydrogens is 300 g/mol. The summed E-state index contributed by atoms with van der Waals surface area (Å²) < 4.78 is 79.9. The van der Waals surface area contributed by atoms with E-state index in [1.807, 2.05) is 0 Å². The van der Waals surface area contributed by atoms with Crippen molar-refractivity contribution in [1.82, 2.24) is 5.32 Å². The summed E-state index contributed by atoms with van der Waals surface area (Å²) in [6.07, 6.45) is -4.45. The van der Waals surface area contributed by atoms with Crippen LogP contribution < -0.4 is 5.32 Å². The van der Waals surface area contributed by atoms with Gasteiger partial charge >= 0.3 is 6.18 Å². The normalized spacial score (nSPS) is 13.5. The Bertz CT molecular complexity index is 463. The molecule has 1 atom stereocenters. The fourth-order valence-electron chi connectivity index (χ4n) is 1.81. The molecule has 21 heavy (non-hydrogen) atoms. The highest BCUT2D eigenvalue weighted by atomic mass is 19.4. The molecule has 0 saturated heterocycles. The molecule has 1 aromatic carbocycles. The van der Waals surface area contributed by atoms with Gasteiger partial charge in [-0.2, -0.15) is 13.2 Å². The van der Waals surface area contributed by atoms with Gasteiger partial charge in [-0.15, -0.1) is 0 Å². The van der Waals surface area contributed by atoms with Crippen molar-refractivity contribution in [2.75, 3.05) is 19.8 Å². The van der Waals surface area contributed by atoms with E-state index in [0.29, 0.717) is 6.54 Å². The number of ether oxygens (including phenoxy) is 1. The molecule has 0 amide bonds. The third-order valence-electron chi connectivity index (χ3n) is 2.71. The highest BCUT2D eigenvalue weighted by molar-refractivity contribution is 5.23. The predicted molar refractivity (Wildman–Crippen MR) is 64.2 cm³/mol. The molecule has 0 aliphatic carbocycles. The molecule has 1 rings (SSSR count). The number of nitrogens with one attached hydrogen (secondary N) is 1. The van der Waals surface area contributed by atoms with Gasteiger partial charge in [0.1, 0.15) is 6.61 Å². The van der Waals surface area contributed by atoms with E-state index in [9.17, 15) is 26.3 Å². The first-order valence-corrected chi connectivity index (χ1v) is 6.27. The molecule has 0 fully saturated rings. The SMILES string of the molecule is CCNC(CCOCC(F)(F)F)c1ccc(F)c(F)c1F. The van der Waals surface area contributed by atoms with Crippen LogP contribution in [0.4, 0.5) is 26.3 Å². The van der Waals surface area contributed by atoms with Gasteiger partial charge in [-0.05, 0) is 19.0 Å². The van der Waals surface area contributed by atoms with Crippen LogP contribution >= 0.6 is 0 Å². The number of benzene rings is 1. The van der Waals surface area contributed by atoms with Crippen LogP contribution in [0.2, 0.25) is 0 Å². The van der Waals surface area contributed by atoms with E-state index >= 15 is 0 Å². The highest BCUT2D eigenvalue weighted by Gasteiger charge is 2.27. The zero-order valence-electron chi connectivity index (χ0n) is 11.2. The van der Waals surface area contributed by atoms with Crippen LogP contribution in [0.5, 0.6) is 0 Å². The van der Waals surface area contributed by atoms with Crippen molar-refractivity contribution in [3.05, 3.63) is 35.1 Å². The maximum Gasteiger partial charge on any atom is 0.411 e. The lowest BCUT2D eigenvalue weighted by Gasteiger charge is -2.19. The minimum atomic E-state index is -4.44. The Hall–Kier alpha value is -1.28. The summed E-state index contributed by atoms with van der Waals surface area (Å²) >= 11 is 0. The summed E-state index contributed by atoms with van der Waals surface area (Å²) in [5.41, 5.74) is -0.147. The molecule has 0 saturated carbocycles. The minimum Gasteiger partial charge on any atom is -0.372 e. The molecule has 0 heterocycles. The molecule has 2 nitrogen and oxygen atoms in total. The maximum absolute atomic E-state index is 13.7. The average molecular weight is 315 g/mol. The van der Waals surface area contributed by atoms with Crippen LogP contribution in [0.25, 0.3) is 0 Å². The molecule has 8 heteroatoms. The van der Waals surface area contributed by atoms with Gasteiger partial charge in [0.25, 0.3) is 0 Å². The van der Waals surface area contributed by atoms with Crippen LogP contribution in [0.15, 0.2) is 12.1 Å². The standard InChI is InChI=1S/C13H15F6NO/c1-2-20-10(5-6-21-7-13(17,18)19)8-3-4-9(14)12(16)11(8)15/h3-4,10,20H,2,5-7H2,1H3.